The molecule has 5 nitrogen and oxygen atoms in total. The van der Waals surface area contributed by atoms with Crippen LogP contribution in [0, 0.1) is 0 Å². The Morgan fingerprint density at radius 2 is 1.68 bits per heavy atom. The molecule has 2 aromatic rings. The van der Waals surface area contributed by atoms with Gasteiger partial charge in [0, 0.05) is 44.5 Å². The lowest BCUT2D eigenvalue weighted by atomic mass is 9.92. The standard InChI is InChI=1S/C22H27N3O2S/c1-16(22(27)24-13-11-23(12-14-24)17(2)26)25-10-8-20-19(9-15-28-20)21(25)18-6-4-3-5-7-18/h3-7,9,15-16,21H,8,10-14H2,1-2H3. The van der Waals surface area contributed by atoms with E-state index in [0.717, 1.165) is 13.0 Å². The van der Waals surface area contributed by atoms with Gasteiger partial charge in [0.1, 0.15) is 0 Å². The second-order valence-electron chi connectivity index (χ2n) is 7.61. The molecule has 2 unspecified atom stereocenters. The van der Waals surface area contributed by atoms with Crippen molar-refractivity contribution >= 4 is 23.2 Å². The number of carbonyl (C=O) groups excluding carboxylic acids is 2. The molecule has 0 radical (unpaired) electrons. The molecule has 148 valence electrons. The molecule has 1 aromatic carbocycles. The van der Waals surface area contributed by atoms with Crippen molar-refractivity contribution in [1.29, 1.82) is 0 Å². The number of fused-ring (bicyclic) bond motifs is 1. The first kappa shape index (κ1) is 19.2. The Morgan fingerprint density at radius 3 is 2.36 bits per heavy atom. The molecule has 6 heteroatoms. The van der Waals surface area contributed by atoms with Crippen molar-refractivity contribution in [2.45, 2.75) is 32.4 Å². The highest BCUT2D eigenvalue weighted by Crippen LogP contribution is 2.39. The van der Waals surface area contributed by atoms with Crippen LogP contribution in [0.1, 0.15) is 35.9 Å². The molecule has 2 amide bonds. The van der Waals surface area contributed by atoms with Crippen LogP contribution in [0.15, 0.2) is 41.8 Å². The Labute approximate surface area is 170 Å². The van der Waals surface area contributed by atoms with Crippen LogP contribution in [0.3, 0.4) is 0 Å². The monoisotopic (exact) mass is 397 g/mol. The summed E-state index contributed by atoms with van der Waals surface area (Å²) < 4.78 is 0. The van der Waals surface area contributed by atoms with Crippen LogP contribution in [-0.4, -0.2) is 65.3 Å². The molecule has 0 saturated carbocycles. The number of hydrogen-bond donors (Lipinski definition) is 0. The predicted octanol–water partition coefficient (Wildman–Crippen LogP) is 2.77. The lowest BCUT2D eigenvalue weighted by Gasteiger charge is -2.42. The van der Waals surface area contributed by atoms with Gasteiger partial charge in [-0.1, -0.05) is 30.3 Å². The first-order valence-electron chi connectivity index (χ1n) is 9.97. The largest absolute Gasteiger partial charge is 0.339 e. The second-order valence-corrected chi connectivity index (χ2v) is 8.61. The number of amides is 2. The lowest BCUT2D eigenvalue weighted by molar-refractivity contribution is -0.142. The highest BCUT2D eigenvalue weighted by Gasteiger charge is 2.37. The van der Waals surface area contributed by atoms with E-state index >= 15 is 0 Å². The Bertz CT molecular complexity index is 842. The van der Waals surface area contributed by atoms with E-state index in [1.54, 1.807) is 6.92 Å². The summed E-state index contributed by atoms with van der Waals surface area (Å²) in [5, 5.41) is 2.16. The fraction of sp³-hybridized carbons (Fsp3) is 0.455. The molecule has 28 heavy (non-hydrogen) atoms. The third-order valence-electron chi connectivity index (χ3n) is 6.01. The van der Waals surface area contributed by atoms with Crippen LogP contribution in [0.2, 0.25) is 0 Å². The van der Waals surface area contributed by atoms with E-state index < -0.39 is 0 Å². The Morgan fingerprint density at radius 1 is 1.00 bits per heavy atom. The molecular weight excluding hydrogens is 370 g/mol. The van der Waals surface area contributed by atoms with E-state index in [4.69, 9.17) is 0 Å². The number of hydrogen-bond acceptors (Lipinski definition) is 4. The number of rotatable bonds is 3. The zero-order chi connectivity index (χ0) is 19.7. The predicted molar refractivity (Wildman–Crippen MR) is 111 cm³/mol. The minimum absolute atomic E-state index is 0.0882. The van der Waals surface area contributed by atoms with Crippen molar-refractivity contribution in [3.8, 4) is 0 Å². The van der Waals surface area contributed by atoms with Gasteiger partial charge in [0.05, 0.1) is 12.1 Å². The summed E-state index contributed by atoms with van der Waals surface area (Å²) in [7, 11) is 0. The van der Waals surface area contributed by atoms with Crippen LogP contribution in [0.25, 0.3) is 0 Å². The number of nitrogens with zero attached hydrogens (tertiary/aromatic N) is 3. The third-order valence-corrected chi connectivity index (χ3v) is 7.01. The summed E-state index contributed by atoms with van der Waals surface area (Å²) >= 11 is 1.82. The molecule has 2 atom stereocenters. The van der Waals surface area contributed by atoms with Crippen molar-refractivity contribution in [3.63, 3.8) is 0 Å². The molecule has 2 aliphatic rings. The van der Waals surface area contributed by atoms with Crippen LogP contribution < -0.4 is 0 Å². The third kappa shape index (κ3) is 3.59. The van der Waals surface area contributed by atoms with Gasteiger partial charge in [0.2, 0.25) is 11.8 Å². The van der Waals surface area contributed by atoms with Crippen molar-refractivity contribution in [2.75, 3.05) is 32.7 Å². The summed E-state index contributed by atoms with van der Waals surface area (Å²) in [5.41, 5.74) is 2.58. The summed E-state index contributed by atoms with van der Waals surface area (Å²) in [4.78, 5) is 32.4. The Kier molecular flexibility index (Phi) is 5.51. The first-order chi connectivity index (χ1) is 13.6. The van der Waals surface area contributed by atoms with Gasteiger partial charge in [0.15, 0.2) is 0 Å². The minimum Gasteiger partial charge on any atom is -0.339 e. The maximum Gasteiger partial charge on any atom is 0.239 e. The maximum atomic E-state index is 13.3. The molecule has 0 bridgehead atoms. The molecule has 4 rings (SSSR count). The molecule has 0 spiro atoms. The summed E-state index contributed by atoms with van der Waals surface area (Å²) in [6.45, 7) is 7.01. The Balaban J connectivity index is 1.55. The summed E-state index contributed by atoms with van der Waals surface area (Å²) in [6, 6.07) is 12.6. The smallest absolute Gasteiger partial charge is 0.239 e. The molecule has 1 fully saturated rings. The number of benzene rings is 1. The highest BCUT2D eigenvalue weighted by atomic mass is 32.1. The van der Waals surface area contributed by atoms with E-state index in [0.29, 0.717) is 26.2 Å². The molecule has 2 aliphatic heterocycles. The fourth-order valence-corrected chi connectivity index (χ4v) is 5.31. The van der Waals surface area contributed by atoms with Crippen molar-refractivity contribution in [3.05, 3.63) is 57.8 Å². The lowest BCUT2D eigenvalue weighted by Crippen LogP contribution is -2.56. The van der Waals surface area contributed by atoms with E-state index in [1.807, 2.05) is 34.1 Å². The second kappa shape index (κ2) is 8.05. The van der Waals surface area contributed by atoms with Gasteiger partial charge < -0.3 is 9.80 Å². The number of thiophene rings is 1. The van der Waals surface area contributed by atoms with Crippen molar-refractivity contribution in [1.82, 2.24) is 14.7 Å². The van der Waals surface area contributed by atoms with E-state index in [2.05, 4.69) is 40.6 Å². The average molecular weight is 398 g/mol. The molecular formula is C22H27N3O2S. The maximum absolute atomic E-state index is 13.3. The van der Waals surface area contributed by atoms with Gasteiger partial charge in [-0.2, -0.15) is 0 Å². The van der Waals surface area contributed by atoms with E-state index in [-0.39, 0.29) is 23.9 Å². The minimum atomic E-state index is -0.192. The molecule has 1 saturated heterocycles. The molecule has 0 N–H and O–H groups in total. The van der Waals surface area contributed by atoms with Crippen LogP contribution in [-0.2, 0) is 16.0 Å². The van der Waals surface area contributed by atoms with Gasteiger partial charge in [-0.15, -0.1) is 11.3 Å². The highest BCUT2D eigenvalue weighted by molar-refractivity contribution is 7.10. The zero-order valence-electron chi connectivity index (χ0n) is 16.5. The molecule has 0 aliphatic carbocycles. The fourth-order valence-electron chi connectivity index (χ4n) is 4.41. The first-order valence-corrected chi connectivity index (χ1v) is 10.9. The van der Waals surface area contributed by atoms with Crippen molar-refractivity contribution < 1.29 is 9.59 Å². The topological polar surface area (TPSA) is 43.9 Å². The Hall–Kier alpha value is -2.18. The molecule has 1 aromatic heterocycles. The SMILES string of the molecule is CC(=O)N1CCN(C(=O)C(C)N2CCc3sccc3C2c2ccccc2)CC1. The van der Waals surface area contributed by atoms with E-state index in [9.17, 15) is 9.59 Å². The average Bonchev–Trinajstić information content (AvgIpc) is 3.21. The van der Waals surface area contributed by atoms with Crippen molar-refractivity contribution in [2.24, 2.45) is 0 Å². The zero-order valence-corrected chi connectivity index (χ0v) is 17.3. The van der Waals surface area contributed by atoms with Gasteiger partial charge >= 0.3 is 0 Å². The normalized spacial score (nSPS) is 21.3. The van der Waals surface area contributed by atoms with Gasteiger partial charge in [-0.25, -0.2) is 0 Å². The summed E-state index contributed by atoms with van der Waals surface area (Å²) in [6.07, 6.45) is 0.992. The molecule has 3 heterocycles. The van der Waals surface area contributed by atoms with Crippen LogP contribution >= 0.6 is 11.3 Å². The van der Waals surface area contributed by atoms with Crippen LogP contribution in [0.4, 0.5) is 0 Å². The summed E-state index contributed by atoms with van der Waals surface area (Å²) in [5.74, 6) is 0.258. The van der Waals surface area contributed by atoms with Gasteiger partial charge in [0.25, 0.3) is 0 Å². The van der Waals surface area contributed by atoms with Crippen LogP contribution in [0.5, 0.6) is 0 Å². The van der Waals surface area contributed by atoms with Gasteiger partial charge in [-0.05, 0) is 35.9 Å². The number of carbonyl (C=O) groups is 2. The van der Waals surface area contributed by atoms with E-state index in [1.165, 1.54) is 16.0 Å². The quantitative estimate of drug-likeness (QED) is 0.800. The number of piperazine rings is 1. The van der Waals surface area contributed by atoms with Gasteiger partial charge in [-0.3, -0.25) is 14.5 Å².